The van der Waals surface area contributed by atoms with Gasteiger partial charge in [0.2, 0.25) is 10.0 Å². The molecule has 0 radical (unpaired) electrons. The maximum atomic E-state index is 12.5. The minimum atomic E-state index is -3.32. The number of nitrogens with zero attached hydrogens (tertiary/aromatic N) is 1. The van der Waals surface area contributed by atoms with Crippen LogP contribution in [-0.2, 0) is 10.0 Å². The van der Waals surface area contributed by atoms with Crippen LogP contribution in [-0.4, -0.2) is 25.8 Å². The summed E-state index contributed by atoms with van der Waals surface area (Å²) in [5.74, 6) is 0.626. The standard InChI is InChI=1S/C13H18BrNO2S/c1-10-5-7-15(8-6-10)18(16,17)12-4-3-11(2)13(14)9-12/h3-4,9-10H,5-8H2,1-2H3. The van der Waals surface area contributed by atoms with Crippen LogP contribution < -0.4 is 0 Å². The Kier molecular flexibility index (Phi) is 4.14. The maximum absolute atomic E-state index is 12.5. The second-order valence-corrected chi connectivity index (χ2v) is 7.79. The van der Waals surface area contributed by atoms with Gasteiger partial charge in [-0.1, -0.05) is 28.9 Å². The normalized spacial score (nSPS) is 19.1. The molecule has 0 atom stereocenters. The summed E-state index contributed by atoms with van der Waals surface area (Å²) in [6.07, 6.45) is 1.90. The van der Waals surface area contributed by atoms with Crippen molar-refractivity contribution in [2.75, 3.05) is 13.1 Å². The van der Waals surface area contributed by atoms with Crippen LogP contribution in [0.2, 0.25) is 0 Å². The molecule has 0 aromatic heterocycles. The molecule has 100 valence electrons. The second-order valence-electron chi connectivity index (χ2n) is 5.00. The van der Waals surface area contributed by atoms with E-state index in [9.17, 15) is 8.42 Å². The van der Waals surface area contributed by atoms with Crippen LogP contribution in [0.3, 0.4) is 0 Å². The molecular weight excluding hydrogens is 314 g/mol. The lowest BCUT2D eigenvalue weighted by Crippen LogP contribution is -2.37. The molecule has 1 aromatic rings. The molecule has 1 saturated heterocycles. The van der Waals surface area contributed by atoms with Gasteiger partial charge in [-0.2, -0.15) is 4.31 Å². The largest absolute Gasteiger partial charge is 0.243 e. The Bertz CT molecular complexity index is 534. The fourth-order valence-electron chi connectivity index (χ4n) is 2.11. The average Bonchev–Trinajstić information content (AvgIpc) is 2.33. The zero-order valence-electron chi connectivity index (χ0n) is 10.7. The first kappa shape index (κ1) is 14.0. The zero-order valence-corrected chi connectivity index (χ0v) is 13.1. The Labute approximate surface area is 117 Å². The van der Waals surface area contributed by atoms with Crippen molar-refractivity contribution >= 4 is 26.0 Å². The highest BCUT2D eigenvalue weighted by atomic mass is 79.9. The van der Waals surface area contributed by atoms with Gasteiger partial charge in [0.1, 0.15) is 0 Å². The predicted octanol–water partition coefficient (Wildman–Crippen LogP) is 3.18. The minimum absolute atomic E-state index is 0.384. The molecule has 0 aliphatic carbocycles. The van der Waals surface area contributed by atoms with E-state index >= 15 is 0 Å². The van der Waals surface area contributed by atoms with E-state index in [0.29, 0.717) is 23.9 Å². The third-order valence-corrected chi connectivity index (χ3v) is 6.27. The van der Waals surface area contributed by atoms with E-state index in [4.69, 9.17) is 0 Å². The third kappa shape index (κ3) is 2.78. The van der Waals surface area contributed by atoms with Crippen molar-refractivity contribution in [2.45, 2.75) is 31.6 Å². The second kappa shape index (κ2) is 5.31. The third-order valence-electron chi connectivity index (χ3n) is 3.52. The molecular formula is C13H18BrNO2S. The number of hydrogen-bond donors (Lipinski definition) is 0. The lowest BCUT2D eigenvalue weighted by atomic mass is 10.0. The van der Waals surface area contributed by atoms with Gasteiger partial charge in [0.25, 0.3) is 0 Å². The van der Waals surface area contributed by atoms with Gasteiger partial charge in [0.15, 0.2) is 0 Å². The van der Waals surface area contributed by atoms with Crippen LogP contribution in [0.1, 0.15) is 25.3 Å². The number of piperidine rings is 1. The van der Waals surface area contributed by atoms with E-state index in [2.05, 4.69) is 22.9 Å². The number of rotatable bonds is 2. The highest BCUT2D eigenvalue weighted by molar-refractivity contribution is 9.10. The molecule has 18 heavy (non-hydrogen) atoms. The molecule has 0 saturated carbocycles. The molecule has 0 N–H and O–H groups in total. The van der Waals surface area contributed by atoms with E-state index in [1.165, 1.54) is 0 Å². The van der Waals surface area contributed by atoms with Crippen molar-refractivity contribution in [3.05, 3.63) is 28.2 Å². The Morgan fingerprint density at radius 2 is 1.89 bits per heavy atom. The quantitative estimate of drug-likeness (QED) is 0.834. The van der Waals surface area contributed by atoms with Crippen molar-refractivity contribution in [3.63, 3.8) is 0 Å². The molecule has 2 rings (SSSR count). The van der Waals surface area contributed by atoms with Crippen molar-refractivity contribution in [3.8, 4) is 0 Å². The van der Waals surface area contributed by atoms with Crippen LogP contribution in [0, 0.1) is 12.8 Å². The fraction of sp³-hybridized carbons (Fsp3) is 0.538. The minimum Gasteiger partial charge on any atom is -0.207 e. The van der Waals surface area contributed by atoms with Crippen LogP contribution in [0.4, 0.5) is 0 Å². The summed E-state index contributed by atoms with van der Waals surface area (Å²) >= 11 is 3.39. The van der Waals surface area contributed by atoms with E-state index in [0.717, 1.165) is 22.9 Å². The van der Waals surface area contributed by atoms with Gasteiger partial charge in [-0.3, -0.25) is 0 Å². The van der Waals surface area contributed by atoms with Crippen LogP contribution in [0.5, 0.6) is 0 Å². The molecule has 0 spiro atoms. The van der Waals surface area contributed by atoms with Crippen molar-refractivity contribution in [2.24, 2.45) is 5.92 Å². The smallest absolute Gasteiger partial charge is 0.207 e. The van der Waals surface area contributed by atoms with Crippen LogP contribution in [0.25, 0.3) is 0 Å². The summed E-state index contributed by atoms with van der Waals surface area (Å²) < 4.78 is 27.4. The Morgan fingerprint density at radius 3 is 2.44 bits per heavy atom. The van der Waals surface area contributed by atoms with Crippen LogP contribution in [0.15, 0.2) is 27.6 Å². The fourth-order valence-corrected chi connectivity index (χ4v) is 4.14. The highest BCUT2D eigenvalue weighted by Gasteiger charge is 2.28. The maximum Gasteiger partial charge on any atom is 0.243 e. The van der Waals surface area contributed by atoms with Gasteiger partial charge in [-0.25, -0.2) is 8.42 Å². The first-order valence-electron chi connectivity index (χ1n) is 6.17. The number of hydrogen-bond acceptors (Lipinski definition) is 2. The van der Waals surface area contributed by atoms with Crippen LogP contribution >= 0.6 is 15.9 Å². The zero-order chi connectivity index (χ0) is 13.3. The lowest BCUT2D eigenvalue weighted by molar-refractivity contribution is 0.288. The average molecular weight is 332 g/mol. The monoisotopic (exact) mass is 331 g/mol. The van der Waals surface area contributed by atoms with E-state index < -0.39 is 10.0 Å². The number of sulfonamides is 1. The lowest BCUT2D eigenvalue weighted by Gasteiger charge is -2.29. The summed E-state index contributed by atoms with van der Waals surface area (Å²) in [6, 6.07) is 5.22. The van der Waals surface area contributed by atoms with Gasteiger partial charge in [-0.05, 0) is 43.4 Å². The first-order chi connectivity index (χ1) is 8.41. The number of aryl methyl sites for hydroxylation is 1. The molecule has 3 nitrogen and oxygen atoms in total. The molecule has 1 heterocycles. The molecule has 1 aliphatic rings. The number of halogens is 1. The van der Waals surface area contributed by atoms with Gasteiger partial charge < -0.3 is 0 Å². The summed E-state index contributed by atoms with van der Waals surface area (Å²) in [6.45, 7) is 5.39. The Morgan fingerprint density at radius 1 is 1.28 bits per heavy atom. The SMILES string of the molecule is Cc1ccc(S(=O)(=O)N2CCC(C)CC2)cc1Br. The van der Waals surface area contributed by atoms with E-state index in [1.807, 2.05) is 13.0 Å². The van der Waals surface area contributed by atoms with Crippen molar-refractivity contribution in [1.29, 1.82) is 0 Å². The molecule has 0 bridgehead atoms. The summed E-state index contributed by atoms with van der Waals surface area (Å²) in [5.41, 5.74) is 1.04. The molecule has 1 aliphatic heterocycles. The topological polar surface area (TPSA) is 37.4 Å². The van der Waals surface area contributed by atoms with Gasteiger partial charge in [0.05, 0.1) is 4.90 Å². The highest BCUT2D eigenvalue weighted by Crippen LogP contribution is 2.26. The molecule has 0 amide bonds. The van der Waals surface area contributed by atoms with Gasteiger partial charge >= 0.3 is 0 Å². The summed E-state index contributed by atoms with van der Waals surface area (Å²) in [5, 5.41) is 0. The summed E-state index contributed by atoms with van der Waals surface area (Å²) in [7, 11) is -3.32. The van der Waals surface area contributed by atoms with E-state index in [-0.39, 0.29) is 0 Å². The van der Waals surface area contributed by atoms with Crippen molar-refractivity contribution < 1.29 is 8.42 Å². The Hall–Kier alpha value is -0.390. The molecule has 5 heteroatoms. The molecule has 1 fully saturated rings. The van der Waals surface area contributed by atoms with Gasteiger partial charge in [-0.15, -0.1) is 0 Å². The van der Waals surface area contributed by atoms with Crippen molar-refractivity contribution in [1.82, 2.24) is 4.31 Å². The van der Waals surface area contributed by atoms with E-state index in [1.54, 1.807) is 16.4 Å². The predicted molar refractivity (Wildman–Crippen MR) is 76.0 cm³/mol. The summed E-state index contributed by atoms with van der Waals surface area (Å²) in [4.78, 5) is 0.384. The number of benzene rings is 1. The first-order valence-corrected chi connectivity index (χ1v) is 8.41. The molecule has 0 unspecified atom stereocenters. The molecule has 1 aromatic carbocycles. The van der Waals surface area contributed by atoms with Gasteiger partial charge in [0, 0.05) is 17.6 Å². The Balaban J connectivity index is 2.27.